The van der Waals surface area contributed by atoms with E-state index < -0.39 is 0 Å². The number of alkyl halides is 1. The molecule has 0 aromatic carbocycles. The third-order valence-electron chi connectivity index (χ3n) is 3.81. The topological polar surface area (TPSA) is 23.8 Å². The first-order valence-electron chi connectivity index (χ1n) is 6.70. The molecule has 2 aromatic rings. The lowest BCUT2D eigenvalue weighted by Crippen LogP contribution is -2.49. The molecule has 1 aliphatic heterocycles. The van der Waals surface area contributed by atoms with Crippen LogP contribution in [-0.4, -0.2) is 46.5 Å². The van der Waals surface area contributed by atoms with Crippen molar-refractivity contribution in [3.05, 3.63) is 17.3 Å². The van der Waals surface area contributed by atoms with E-state index in [1.54, 1.807) is 11.3 Å². The van der Waals surface area contributed by atoms with E-state index in [1.807, 2.05) is 0 Å². The van der Waals surface area contributed by atoms with E-state index in [2.05, 4.69) is 55.6 Å². The van der Waals surface area contributed by atoms with Crippen LogP contribution in [-0.2, 0) is 5.33 Å². The maximum Gasteiger partial charge on any atom is 0.195 e. The molecule has 2 aromatic heterocycles. The summed E-state index contributed by atoms with van der Waals surface area (Å²) in [5.74, 6) is 1.16. The van der Waals surface area contributed by atoms with Crippen molar-refractivity contribution >= 4 is 38.0 Å². The summed E-state index contributed by atoms with van der Waals surface area (Å²) < 4.78 is 2.20. The van der Waals surface area contributed by atoms with Crippen LogP contribution in [0.4, 0.5) is 5.82 Å². The van der Waals surface area contributed by atoms with Crippen LogP contribution in [0.25, 0.3) is 4.96 Å². The van der Waals surface area contributed by atoms with Crippen LogP contribution >= 0.6 is 27.3 Å². The summed E-state index contributed by atoms with van der Waals surface area (Å²) in [6.07, 6.45) is 2.11. The van der Waals surface area contributed by atoms with Crippen LogP contribution in [0.3, 0.4) is 0 Å². The number of rotatable bonds is 3. The average Bonchev–Trinajstić information content (AvgIpc) is 2.98. The highest BCUT2D eigenvalue weighted by Gasteiger charge is 2.23. The van der Waals surface area contributed by atoms with E-state index in [1.165, 1.54) is 5.69 Å². The second-order valence-corrected chi connectivity index (χ2v) is 6.62. The first-order chi connectivity index (χ1) is 9.20. The van der Waals surface area contributed by atoms with Gasteiger partial charge < -0.3 is 4.90 Å². The summed E-state index contributed by atoms with van der Waals surface area (Å²) in [4.78, 5) is 10.8. The van der Waals surface area contributed by atoms with Crippen molar-refractivity contribution in [2.24, 2.45) is 0 Å². The molecule has 104 valence electrons. The van der Waals surface area contributed by atoms with E-state index >= 15 is 0 Å². The fraction of sp³-hybridized carbons (Fsp3) is 0.615. The molecular formula is C13H19BrN4S. The molecule has 1 aliphatic rings. The number of imidazole rings is 1. The first kappa shape index (κ1) is 13.4. The van der Waals surface area contributed by atoms with Gasteiger partial charge in [-0.15, -0.1) is 11.3 Å². The molecule has 0 aliphatic carbocycles. The standard InChI is InChI=1S/C13H19BrN4S/c1-10(2)16-3-5-17(6-4-16)12-11(9-14)18-7-8-19-13(18)15-12/h7-8,10H,3-6,9H2,1-2H3. The maximum atomic E-state index is 4.80. The Balaban J connectivity index is 1.83. The normalized spacial score (nSPS) is 17.8. The van der Waals surface area contributed by atoms with Gasteiger partial charge in [0.2, 0.25) is 0 Å². The van der Waals surface area contributed by atoms with Crippen LogP contribution in [0, 0.1) is 0 Å². The fourth-order valence-corrected chi connectivity index (χ4v) is 3.90. The van der Waals surface area contributed by atoms with Crippen molar-refractivity contribution < 1.29 is 0 Å². The van der Waals surface area contributed by atoms with Gasteiger partial charge in [0.15, 0.2) is 10.8 Å². The summed E-state index contributed by atoms with van der Waals surface area (Å²) in [6, 6.07) is 0.642. The van der Waals surface area contributed by atoms with Gasteiger partial charge in [-0.2, -0.15) is 0 Å². The predicted octanol–water partition coefficient (Wildman–Crippen LogP) is 2.82. The monoisotopic (exact) mass is 342 g/mol. The molecule has 1 saturated heterocycles. The summed E-state index contributed by atoms with van der Waals surface area (Å²) in [7, 11) is 0. The largest absolute Gasteiger partial charge is 0.352 e. The first-order valence-corrected chi connectivity index (χ1v) is 8.70. The lowest BCUT2D eigenvalue weighted by Gasteiger charge is -2.37. The Bertz CT molecular complexity index is 554. The highest BCUT2D eigenvalue weighted by molar-refractivity contribution is 9.08. The molecule has 19 heavy (non-hydrogen) atoms. The van der Waals surface area contributed by atoms with Gasteiger partial charge in [0.1, 0.15) is 0 Å². The van der Waals surface area contributed by atoms with Gasteiger partial charge in [-0.05, 0) is 13.8 Å². The number of nitrogens with zero attached hydrogens (tertiary/aromatic N) is 4. The molecule has 1 fully saturated rings. The molecule has 3 heterocycles. The minimum absolute atomic E-state index is 0.642. The molecule has 0 bridgehead atoms. The fourth-order valence-electron chi connectivity index (χ4n) is 2.65. The highest BCUT2D eigenvalue weighted by atomic mass is 79.9. The van der Waals surface area contributed by atoms with Crippen molar-refractivity contribution in [3.63, 3.8) is 0 Å². The van der Waals surface area contributed by atoms with Crippen LogP contribution in [0.2, 0.25) is 0 Å². The third-order valence-corrected chi connectivity index (χ3v) is 5.10. The van der Waals surface area contributed by atoms with Crippen molar-refractivity contribution in [1.29, 1.82) is 0 Å². The van der Waals surface area contributed by atoms with Gasteiger partial charge in [-0.3, -0.25) is 9.30 Å². The second-order valence-electron chi connectivity index (χ2n) is 5.19. The number of thiazole rings is 1. The quantitative estimate of drug-likeness (QED) is 0.801. The molecule has 4 nitrogen and oxygen atoms in total. The lowest BCUT2D eigenvalue weighted by atomic mass is 10.2. The molecule has 0 atom stereocenters. The minimum atomic E-state index is 0.642. The van der Waals surface area contributed by atoms with E-state index in [9.17, 15) is 0 Å². The number of hydrogen-bond donors (Lipinski definition) is 0. The summed E-state index contributed by atoms with van der Waals surface area (Å²) in [5.41, 5.74) is 1.27. The van der Waals surface area contributed by atoms with Gasteiger partial charge in [-0.25, -0.2) is 4.98 Å². The van der Waals surface area contributed by atoms with Crippen LogP contribution in [0.1, 0.15) is 19.5 Å². The average molecular weight is 343 g/mol. The van der Waals surface area contributed by atoms with Crippen LogP contribution in [0.15, 0.2) is 11.6 Å². The molecule has 0 unspecified atom stereocenters. The van der Waals surface area contributed by atoms with E-state index in [4.69, 9.17) is 4.98 Å². The Morgan fingerprint density at radius 1 is 1.32 bits per heavy atom. The molecule has 0 saturated carbocycles. The van der Waals surface area contributed by atoms with Gasteiger partial charge in [-0.1, -0.05) is 15.9 Å². The van der Waals surface area contributed by atoms with E-state index in [-0.39, 0.29) is 0 Å². The Kier molecular flexibility index (Phi) is 3.82. The maximum absolute atomic E-state index is 4.80. The Morgan fingerprint density at radius 2 is 2.05 bits per heavy atom. The Morgan fingerprint density at radius 3 is 2.68 bits per heavy atom. The van der Waals surface area contributed by atoms with Gasteiger partial charge in [0.25, 0.3) is 0 Å². The van der Waals surface area contributed by atoms with E-state index in [0.29, 0.717) is 6.04 Å². The molecular weight excluding hydrogens is 324 g/mol. The smallest absolute Gasteiger partial charge is 0.195 e. The number of fused-ring (bicyclic) bond motifs is 1. The summed E-state index contributed by atoms with van der Waals surface area (Å²) >= 11 is 5.30. The van der Waals surface area contributed by atoms with Gasteiger partial charge in [0.05, 0.1) is 5.69 Å². The molecule has 0 spiro atoms. The highest BCUT2D eigenvalue weighted by Crippen LogP contribution is 2.27. The third kappa shape index (κ3) is 2.41. The van der Waals surface area contributed by atoms with Gasteiger partial charge in [0, 0.05) is 49.1 Å². The zero-order valence-electron chi connectivity index (χ0n) is 11.3. The number of aromatic nitrogens is 2. The van der Waals surface area contributed by atoms with Crippen molar-refractivity contribution in [2.45, 2.75) is 25.2 Å². The van der Waals surface area contributed by atoms with E-state index in [0.717, 1.165) is 42.3 Å². The SMILES string of the molecule is CC(C)N1CCN(c2nc3sccn3c2CBr)CC1. The summed E-state index contributed by atoms with van der Waals surface area (Å²) in [5, 5.41) is 2.94. The molecule has 3 rings (SSSR count). The Labute approximate surface area is 126 Å². The summed E-state index contributed by atoms with van der Waals surface area (Å²) in [6.45, 7) is 8.94. The molecule has 0 radical (unpaired) electrons. The lowest BCUT2D eigenvalue weighted by molar-refractivity contribution is 0.209. The van der Waals surface area contributed by atoms with Gasteiger partial charge >= 0.3 is 0 Å². The number of hydrogen-bond acceptors (Lipinski definition) is 4. The van der Waals surface area contributed by atoms with Crippen molar-refractivity contribution in [2.75, 3.05) is 31.1 Å². The van der Waals surface area contributed by atoms with Crippen molar-refractivity contribution in [1.82, 2.24) is 14.3 Å². The van der Waals surface area contributed by atoms with Crippen molar-refractivity contribution in [3.8, 4) is 0 Å². The zero-order chi connectivity index (χ0) is 13.4. The molecule has 6 heteroatoms. The molecule has 0 amide bonds. The minimum Gasteiger partial charge on any atom is -0.352 e. The molecule has 0 N–H and O–H groups in total. The van der Waals surface area contributed by atoms with Crippen LogP contribution < -0.4 is 4.90 Å². The van der Waals surface area contributed by atoms with Crippen LogP contribution in [0.5, 0.6) is 0 Å². The zero-order valence-corrected chi connectivity index (χ0v) is 13.7. The number of piperazine rings is 1. The number of halogens is 1. The number of anilines is 1. The Hall–Kier alpha value is -0.590. The predicted molar refractivity (Wildman–Crippen MR) is 84.6 cm³/mol. The second kappa shape index (κ2) is 5.42.